The largest absolute Gasteiger partial charge is 0.207 e. The van der Waals surface area contributed by atoms with Gasteiger partial charge in [-0.2, -0.15) is 0 Å². The van der Waals surface area contributed by atoms with Gasteiger partial charge in [-0.15, -0.1) is 11.6 Å². The summed E-state index contributed by atoms with van der Waals surface area (Å²) in [5.74, 6) is -0.388. The summed E-state index contributed by atoms with van der Waals surface area (Å²) in [6, 6.07) is 11.1. The molecule has 3 rings (SSSR count). The van der Waals surface area contributed by atoms with E-state index in [9.17, 15) is 8.78 Å². The second kappa shape index (κ2) is 4.36. The fourth-order valence-corrected chi connectivity index (χ4v) is 2.97. The molecule has 0 N–H and O–H groups in total. The number of hydrogen-bond donors (Lipinski definition) is 0. The van der Waals surface area contributed by atoms with Crippen LogP contribution in [0.4, 0.5) is 8.78 Å². The number of benzene rings is 2. The molecule has 0 radical (unpaired) electrons. The van der Waals surface area contributed by atoms with E-state index in [1.54, 1.807) is 18.2 Å². The van der Waals surface area contributed by atoms with Crippen molar-refractivity contribution < 1.29 is 8.78 Å². The average Bonchev–Trinajstić information content (AvgIpc) is 2.68. The topological polar surface area (TPSA) is 0 Å². The smallest absolute Gasteiger partial charge is 0.123 e. The maximum absolute atomic E-state index is 13.2. The van der Waals surface area contributed by atoms with Crippen molar-refractivity contribution in [1.29, 1.82) is 0 Å². The third-order valence-corrected chi connectivity index (χ3v) is 3.89. The van der Waals surface area contributed by atoms with Crippen molar-refractivity contribution in [3.05, 3.63) is 70.8 Å². The summed E-state index contributed by atoms with van der Waals surface area (Å²) in [7, 11) is 0. The molecule has 18 heavy (non-hydrogen) atoms. The minimum Gasteiger partial charge on any atom is -0.207 e. The monoisotopic (exact) mass is 264 g/mol. The van der Waals surface area contributed by atoms with E-state index in [0.29, 0.717) is 0 Å². The van der Waals surface area contributed by atoms with E-state index < -0.39 is 0 Å². The van der Waals surface area contributed by atoms with Gasteiger partial charge in [-0.05, 0) is 47.4 Å². The molecule has 92 valence electrons. The van der Waals surface area contributed by atoms with Gasteiger partial charge in [-0.3, -0.25) is 0 Å². The molecule has 0 heterocycles. The van der Waals surface area contributed by atoms with E-state index in [-0.39, 0.29) is 22.9 Å². The van der Waals surface area contributed by atoms with E-state index in [2.05, 4.69) is 0 Å². The Hall–Kier alpha value is -1.41. The molecule has 0 aromatic heterocycles. The second-order valence-corrected chi connectivity index (χ2v) is 5.11. The molecule has 1 aliphatic rings. The Labute approximate surface area is 109 Å². The summed E-state index contributed by atoms with van der Waals surface area (Å²) in [6.45, 7) is 0. The van der Waals surface area contributed by atoms with Crippen LogP contribution in [-0.2, 0) is 0 Å². The summed E-state index contributed by atoms with van der Waals surface area (Å²) < 4.78 is 26.1. The SMILES string of the molecule is Fc1ccc(C2CC(Cl)c3cc(F)ccc32)cc1. The standard InChI is InChI=1S/C15H11ClF2/c16-15-8-13(9-1-3-10(17)4-2-9)12-6-5-11(18)7-14(12)15/h1-7,13,15H,8H2. The van der Waals surface area contributed by atoms with Gasteiger partial charge in [0.05, 0.1) is 5.38 Å². The van der Waals surface area contributed by atoms with Crippen molar-refractivity contribution in [2.24, 2.45) is 0 Å². The predicted molar refractivity (Wildman–Crippen MR) is 67.9 cm³/mol. The van der Waals surface area contributed by atoms with Crippen molar-refractivity contribution in [3.63, 3.8) is 0 Å². The number of fused-ring (bicyclic) bond motifs is 1. The normalized spacial score (nSPS) is 21.9. The molecule has 0 bridgehead atoms. The fourth-order valence-electron chi connectivity index (χ4n) is 2.61. The van der Waals surface area contributed by atoms with Gasteiger partial charge in [0.15, 0.2) is 0 Å². The third kappa shape index (κ3) is 1.91. The van der Waals surface area contributed by atoms with Gasteiger partial charge in [0, 0.05) is 5.92 Å². The van der Waals surface area contributed by atoms with Gasteiger partial charge in [-0.1, -0.05) is 18.2 Å². The molecular formula is C15H11ClF2. The van der Waals surface area contributed by atoms with Gasteiger partial charge in [-0.25, -0.2) is 8.78 Å². The van der Waals surface area contributed by atoms with E-state index in [4.69, 9.17) is 11.6 Å². The van der Waals surface area contributed by atoms with Gasteiger partial charge >= 0.3 is 0 Å². The molecule has 0 amide bonds. The zero-order valence-corrected chi connectivity index (χ0v) is 10.3. The Morgan fingerprint density at radius 2 is 1.56 bits per heavy atom. The molecule has 0 fully saturated rings. The van der Waals surface area contributed by atoms with Crippen molar-refractivity contribution in [2.75, 3.05) is 0 Å². The van der Waals surface area contributed by atoms with Crippen molar-refractivity contribution in [2.45, 2.75) is 17.7 Å². The van der Waals surface area contributed by atoms with E-state index in [1.165, 1.54) is 24.3 Å². The van der Waals surface area contributed by atoms with E-state index in [0.717, 1.165) is 23.1 Å². The first-order valence-electron chi connectivity index (χ1n) is 5.84. The maximum Gasteiger partial charge on any atom is 0.123 e. The molecule has 2 unspecified atom stereocenters. The molecule has 2 aromatic carbocycles. The first-order chi connectivity index (χ1) is 8.65. The summed E-state index contributed by atoms with van der Waals surface area (Å²) in [5, 5.41) is -0.175. The summed E-state index contributed by atoms with van der Waals surface area (Å²) in [6.07, 6.45) is 0.728. The van der Waals surface area contributed by atoms with Gasteiger partial charge in [0.1, 0.15) is 11.6 Å². The Morgan fingerprint density at radius 3 is 2.28 bits per heavy atom. The lowest BCUT2D eigenvalue weighted by Gasteiger charge is -2.11. The van der Waals surface area contributed by atoms with Crippen molar-refractivity contribution in [1.82, 2.24) is 0 Å². The number of halogens is 3. The quantitative estimate of drug-likeness (QED) is 0.650. The summed E-state index contributed by atoms with van der Waals surface area (Å²) >= 11 is 6.25. The average molecular weight is 265 g/mol. The highest BCUT2D eigenvalue weighted by molar-refractivity contribution is 6.21. The van der Waals surface area contributed by atoms with Crippen molar-refractivity contribution in [3.8, 4) is 0 Å². The van der Waals surface area contributed by atoms with Crippen LogP contribution in [0.25, 0.3) is 0 Å². The Balaban J connectivity index is 2.05. The summed E-state index contributed by atoms with van der Waals surface area (Å²) in [5.41, 5.74) is 2.92. The maximum atomic E-state index is 13.2. The molecule has 0 spiro atoms. The molecule has 0 nitrogen and oxygen atoms in total. The highest BCUT2D eigenvalue weighted by Crippen LogP contribution is 2.47. The first-order valence-corrected chi connectivity index (χ1v) is 6.27. The fraction of sp³-hybridized carbons (Fsp3) is 0.200. The Morgan fingerprint density at radius 1 is 0.889 bits per heavy atom. The Bertz CT molecular complexity index is 578. The van der Waals surface area contributed by atoms with Crippen LogP contribution < -0.4 is 0 Å². The van der Waals surface area contributed by atoms with Crippen LogP contribution in [0, 0.1) is 11.6 Å². The zero-order chi connectivity index (χ0) is 12.7. The lowest BCUT2D eigenvalue weighted by Crippen LogP contribution is -1.96. The predicted octanol–water partition coefficient (Wildman–Crippen LogP) is 4.78. The highest BCUT2D eigenvalue weighted by atomic mass is 35.5. The molecule has 0 saturated heterocycles. The van der Waals surface area contributed by atoms with Crippen molar-refractivity contribution >= 4 is 11.6 Å². The molecule has 0 aliphatic heterocycles. The molecule has 0 saturated carbocycles. The molecule has 1 aliphatic carbocycles. The minimum absolute atomic E-state index is 0.128. The van der Waals surface area contributed by atoms with E-state index in [1.807, 2.05) is 0 Å². The number of alkyl halides is 1. The molecule has 2 atom stereocenters. The first kappa shape index (κ1) is 11.7. The molecule has 2 aromatic rings. The van der Waals surface area contributed by atoms with Crippen LogP contribution in [0.15, 0.2) is 42.5 Å². The lowest BCUT2D eigenvalue weighted by molar-refractivity contribution is 0.625. The van der Waals surface area contributed by atoms with Gasteiger partial charge in [0.25, 0.3) is 0 Å². The van der Waals surface area contributed by atoms with Crippen LogP contribution >= 0.6 is 11.6 Å². The minimum atomic E-state index is -0.265. The Kier molecular flexibility index (Phi) is 2.83. The highest BCUT2D eigenvalue weighted by Gasteiger charge is 2.30. The van der Waals surface area contributed by atoms with Crippen LogP contribution in [0.2, 0.25) is 0 Å². The van der Waals surface area contributed by atoms with Gasteiger partial charge in [0.2, 0.25) is 0 Å². The zero-order valence-electron chi connectivity index (χ0n) is 9.54. The van der Waals surface area contributed by atoms with Crippen LogP contribution in [0.5, 0.6) is 0 Å². The van der Waals surface area contributed by atoms with E-state index >= 15 is 0 Å². The third-order valence-electron chi connectivity index (χ3n) is 3.48. The molecular weight excluding hydrogens is 254 g/mol. The number of hydrogen-bond acceptors (Lipinski definition) is 0. The van der Waals surface area contributed by atoms with Crippen LogP contribution in [0.1, 0.15) is 34.4 Å². The second-order valence-electron chi connectivity index (χ2n) is 4.58. The van der Waals surface area contributed by atoms with Crippen LogP contribution in [0.3, 0.4) is 0 Å². The number of rotatable bonds is 1. The van der Waals surface area contributed by atoms with Gasteiger partial charge < -0.3 is 0 Å². The van der Waals surface area contributed by atoms with Crippen LogP contribution in [-0.4, -0.2) is 0 Å². The lowest BCUT2D eigenvalue weighted by atomic mass is 9.93. The summed E-state index contributed by atoms with van der Waals surface area (Å²) in [4.78, 5) is 0. The molecule has 3 heteroatoms.